The molecule has 0 saturated carbocycles. The maximum Gasteiger partial charge on any atom is 0.320 e. The van der Waals surface area contributed by atoms with Gasteiger partial charge in [-0.05, 0) is 44.7 Å². The third-order valence-corrected chi connectivity index (χ3v) is 3.20. The number of amides is 1. The van der Waals surface area contributed by atoms with Crippen LogP contribution in [0, 0.1) is 5.92 Å². The first-order valence-corrected chi connectivity index (χ1v) is 6.55. The number of carbonyl (C=O) groups is 2. The quantitative estimate of drug-likeness (QED) is 0.468. The fourth-order valence-corrected chi connectivity index (χ4v) is 2.11. The lowest BCUT2D eigenvalue weighted by Gasteiger charge is -2.22. The summed E-state index contributed by atoms with van der Waals surface area (Å²) < 4.78 is 0. The van der Waals surface area contributed by atoms with Crippen molar-refractivity contribution in [3.05, 3.63) is 0 Å². The molecule has 0 bridgehead atoms. The Labute approximate surface area is 107 Å². The van der Waals surface area contributed by atoms with Gasteiger partial charge in [0.15, 0.2) is 0 Å². The van der Waals surface area contributed by atoms with Crippen molar-refractivity contribution < 1.29 is 14.7 Å². The third-order valence-electron chi connectivity index (χ3n) is 3.20. The van der Waals surface area contributed by atoms with Crippen molar-refractivity contribution >= 4 is 11.9 Å². The van der Waals surface area contributed by atoms with Gasteiger partial charge >= 0.3 is 5.97 Å². The van der Waals surface area contributed by atoms with E-state index in [2.05, 4.69) is 10.6 Å². The second-order valence-corrected chi connectivity index (χ2v) is 4.85. The summed E-state index contributed by atoms with van der Waals surface area (Å²) in [4.78, 5) is 22.1. The summed E-state index contributed by atoms with van der Waals surface area (Å²) in [5.41, 5.74) is 5.36. The Balaban J connectivity index is 2.04. The molecule has 0 aromatic rings. The number of nitrogens with one attached hydrogen (secondary N) is 2. The van der Waals surface area contributed by atoms with Crippen molar-refractivity contribution in [3.63, 3.8) is 0 Å². The summed E-state index contributed by atoms with van der Waals surface area (Å²) in [5.74, 6) is -0.512. The minimum absolute atomic E-state index is 0.0487. The first kappa shape index (κ1) is 14.9. The first-order chi connectivity index (χ1) is 8.59. The Bertz CT molecular complexity index is 278. The fraction of sp³-hybridized carbons (Fsp3) is 0.833. The Kier molecular flexibility index (Phi) is 6.67. The predicted octanol–water partition coefficient (Wildman–Crippen LogP) is -0.316. The number of rotatable bonds is 7. The minimum atomic E-state index is -0.991. The number of nitrogens with two attached hydrogens (primary N) is 1. The van der Waals surface area contributed by atoms with Crippen molar-refractivity contribution in [2.75, 3.05) is 19.6 Å². The normalized spacial score (nSPS) is 21.3. The maximum atomic E-state index is 11.6. The van der Waals surface area contributed by atoms with Crippen molar-refractivity contribution in [1.29, 1.82) is 0 Å². The zero-order chi connectivity index (χ0) is 13.4. The molecule has 1 saturated heterocycles. The Morgan fingerprint density at radius 2 is 2.28 bits per heavy atom. The average Bonchev–Trinajstić information content (AvgIpc) is 2.35. The topological polar surface area (TPSA) is 104 Å². The molecule has 18 heavy (non-hydrogen) atoms. The van der Waals surface area contributed by atoms with Crippen LogP contribution in [-0.4, -0.2) is 42.7 Å². The number of carboxylic acids is 1. The van der Waals surface area contributed by atoms with Crippen LogP contribution in [0.3, 0.4) is 0 Å². The van der Waals surface area contributed by atoms with E-state index in [1.54, 1.807) is 0 Å². The van der Waals surface area contributed by atoms with Gasteiger partial charge in [-0.1, -0.05) is 0 Å². The Morgan fingerprint density at radius 3 is 2.89 bits per heavy atom. The molecule has 1 fully saturated rings. The van der Waals surface area contributed by atoms with Crippen LogP contribution < -0.4 is 16.4 Å². The lowest BCUT2D eigenvalue weighted by Crippen LogP contribution is -2.35. The van der Waals surface area contributed by atoms with Crippen LogP contribution in [0.5, 0.6) is 0 Å². The molecule has 0 aromatic heterocycles. The van der Waals surface area contributed by atoms with Crippen LogP contribution >= 0.6 is 0 Å². The molecule has 1 rings (SSSR count). The van der Waals surface area contributed by atoms with Gasteiger partial charge in [-0.15, -0.1) is 0 Å². The van der Waals surface area contributed by atoms with E-state index < -0.39 is 12.0 Å². The molecule has 0 spiro atoms. The third kappa shape index (κ3) is 5.97. The molecular weight excluding hydrogens is 234 g/mol. The van der Waals surface area contributed by atoms with E-state index in [0.29, 0.717) is 31.7 Å². The van der Waals surface area contributed by atoms with Gasteiger partial charge in [-0.25, -0.2) is 0 Å². The standard InChI is InChI=1S/C12H23N3O3/c13-10(12(17)18)4-2-6-15-11(16)7-9-3-1-5-14-8-9/h9-10,14H,1-8,13H2,(H,15,16)(H,17,18). The van der Waals surface area contributed by atoms with Gasteiger partial charge < -0.3 is 21.5 Å². The molecule has 2 unspecified atom stereocenters. The van der Waals surface area contributed by atoms with E-state index in [0.717, 1.165) is 25.9 Å². The maximum absolute atomic E-state index is 11.6. The number of piperidine rings is 1. The van der Waals surface area contributed by atoms with Crippen LogP contribution in [0.2, 0.25) is 0 Å². The molecular formula is C12H23N3O3. The summed E-state index contributed by atoms with van der Waals surface area (Å²) in [7, 11) is 0. The Morgan fingerprint density at radius 1 is 1.50 bits per heavy atom. The van der Waals surface area contributed by atoms with Gasteiger partial charge in [0, 0.05) is 13.0 Å². The number of hydrogen-bond donors (Lipinski definition) is 4. The van der Waals surface area contributed by atoms with Gasteiger partial charge in [0.2, 0.25) is 5.91 Å². The van der Waals surface area contributed by atoms with Crippen molar-refractivity contribution in [2.24, 2.45) is 11.7 Å². The van der Waals surface area contributed by atoms with E-state index in [4.69, 9.17) is 10.8 Å². The zero-order valence-electron chi connectivity index (χ0n) is 10.7. The van der Waals surface area contributed by atoms with E-state index >= 15 is 0 Å². The summed E-state index contributed by atoms with van der Waals surface area (Å²) in [6.45, 7) is 2.46. The molecule has 5 N–H and O–H groups in total. The summed E-state index contributed by atoms with van der Waals surface area (Å²) >= 11 is 0. The lowest BCUT2D eigenvalue weighted by molar-refractivity contribution is -0.138. The molecule has 0 radical (unpaired) electrons. The number of carbonyl (C=O) groups excluding carboxylic acids is 1. The second-order valence-electron chi connectivity index (χ2n) is 4.85. The van der Waals surface area contributed by atoms with Gasteiger partial charge in [0.1, 0.15) is 6.04 Å². The van der Waals surface area contributed by atoms with Gasteiger partial charge in [0.05, 0.1) is 0 Å². The monoisotopic (exact) mass is 257 g/mol. The number of hydrogen-bond acceptors (Lipinski definition) is 4. The molecule has 2 atom stereocenters. The summed E-state index contributed by atoms with van der Waals surface area (Å²) in [6.07, 6.45) is 3.77. The molecule has 1 amide bonds. The summed E-state index contributed by atoms with van der Waals surface area (Å²) in [5, 5.41) is 14.7. The predicted molar refractivity (Wildman–Crippen MR) is 68.1 cm³/mol. The van der Waals surface area contributed by atoms with Crippen LogP contribution in [0.1, 0.15) is 32.1 Å². The first-order valence-electron chi connectivity index (χ1n) is 6.55. The van der Waals surface area contributed by atoms with Crippen LogP contribution in [0.25, 0.3) is 0 Å². The van der Waals surface area contributed by atoms with Crippen molar-refractivity contribution in [2.45, 2.75) is 38.1 Å². The zero-order valence-corrected chi connectivity index (χ0v) is 10.7. The van der Waals surface area contributed by atoms with E-state index in [9.17, 15) is 9.59 Å². The van der Waals surface area contributed by atoms with Crippen LogP contribution in [0.4, 0.5) is 0 Å². The smallest absolute Gasteiger partial charge is 0.320 e. The highest BCUT2D eigenvalue weighted by atomic mass is 16.4. The second kappa shape index (κ2) is 8.05. The molecule has 6 nitrogen and oxygen atoms in total. The number of carboxylic acid groups (broad SMARTS) is 1. The van der Waals surface area contributed by atoms with Gasteiger partial charge in [-0.3, -0.25) is 9.59 Å². The van der Waals surface area contributed by atoms with Crippen LogP contribution in [0.15, 0.2) is 0 Å². The van der Waals surface area contributed by atoms with Gasteiger partial charge in [-0.2, -0.15) is 0 Å². The fourth-order valence-electron chi connectivity index (χ4n) is 2.11. The van der Waals surface area contributed by atoms with E-state index in [1.165, 1.54) is 0 Å². The Hall–Kier alpha value is -1.14. The molecule has 1 aliphatic rings. The van der Waals surface area contributed by atoms with E-state index in [-0.39, 0.29) is 5.91 Å². The molecule has 0 aromatic carbocycles. The highest BCUT2D eigenvalue weighted by Crippen LogP contribution is 2.13. The minimum Gasteiger partial charge on any atom is -0.480 e. The lowest BCUT2D eigenvalue weighted by atomic mass is 9.96. The van der Waals surface area contributed by atoms with Crippen molar-refractivity contribution in [1.82, 2.24) is 10.6 Å². The van der Waals surface area contributed by atoms with Gasteiger partial charge in [0.25, 0.3) is 0 Å². The number of aliphatic carboxylic acids is 1. The molecule has 1 aliphatic heterocycles. The molecule has 104 valence electrons. The summed E-state index contributed by atoms with van der Waals surface area (Å²) in [6, 6.07) is -0.829. The van der Waals surface area contributed by atoms with Crippen molar-refractivity contribution in [3.8, 4) is 0 Å². The SMILES string of the molecule is NC(CCCNC(=O)CC1CCCNC1)C(=O)O. The van der Waals surface area contributed by atoms with E-state index in [1.807, 2.05) is 0 Å². The molecule has 0 aliphatic carbocycles. The highest BCUT2D eigenvalue weighted by molar-refractivity contribution is 5.76. The molecule has 6 heteroatoms. The highest BCUT2D eigenvalue weighted by Gasteiger charge is 2.16. The molecule has 1 heterocycles. The average molecular weight is 257 g/mol. The largest absolute Gasteiger partial charge is 0.480 e. The van der Waals surface area contributed by atoms with Crippen LogP contribution in [-0.2, 0) is 9.59 Å².